The molecule has 90 valence electrons. The largest absolute Gasteiger partial charge is 0.490 e. The van der Waals surface area contributed by atoms with E-state index in [0.29, 0.717) is 18.8 Å². The van der Waals surface area contributed by atoms with Crippen LogP contribution in [-0.4, -0.2) is 12.4 Å². The highest BCUT2D eigenvalue weighted by Gasteiger charge is 2.17. The minimum absolute atomic E-state index is 0.000975. The molecule has 0 bridgehead atoms. The first-order valence-electron chi connectivity index (χ1n) is 5.94. The van der Waals surface area contributed by atoms with Crippen molar-refractivity contribution >= 4 is 5.78 Å². The normalized spacial score (nSPS) is 16.9. The number of ketones is 1. The summed E-state index contributed by atoms with van der Waals surface area (Å²) in [4.78, 5) is 11.9. The fraction of sp³-hybridized carbons (Fsp3) is 0.357. The van der Waals surface area contributed by atoms with E-state index in [1.165, 1.54) is 0 Å². The second kappa shape index (κ2) is 5.64. The van der Waals surface area contributed by atoms with Gasteiger partial charge in [-0.3, -0.25) is 4.79 Å². The second-order valence-electron chi connectivity index (χ2n) is 4.20. The molecule has 0 saturated carbocycles. The van der Waals surface area contributed by atoms with Gasteiger partial charge in [0.2, 0.25) is 0 Å². The van der Waals surface area contributed by atoms with Gasteiger partial charge >= 0.3 is 0 Å². The topological polar surface area (TPSA) is 52.3 Å². The van der Waals surface area contributed by atoms with Crippen molar-refractivity contribution in [1.29, 1.82) is 0 Å². The van der Waals surface area contributed by atoms with Crippen molar-refractivity contribution in [3.8, 4) is 0 Å². The third-order valence-electron chi connectivity index (χ3n) is 2.84. The van der Waals surface area contributed by atoms with E-state index in [9.17, 15) is 4.79 Å². The summed E-state index contributed by atoms with van der Waals surface area (Å²) in [5, 5.41) is 0. The quantitative estimate of drug-likeness (QED) is 0.865. The van der Waals surface area contributed by atoms with Crippen LogP contribution in [0, 0.1) is 0 Å². The van der Waals surface area contributed by atoms with Crippen LogP contribution in [-0.2, 0) is 9.53 Å². The van der Waals surface area contributed by atoms with Crippen molar-refractivity contribution in [2.45, 2.75) is 25.3 Å². The molecule has 0 saturated heterocycles. The number of carbonyl (C=O) groups excluding carboxylic acids is 1. The Morgan fingerprint density at radius 1 is 1.35 bits per heavy atom. The minimum atomic E-state index is -0.255. The fourth-order valence-corrected chi connectivity index (χ4v) is 1.87. The SMILES string of the molecule is NC(CC(=O)C1=CCCCO1)c1ccccc1. The first-order valence-corrected chi connectivity index (χ1v) is 5.94. The summed E-state index contributed by atoms with van der Waals surface area (Å²) < 4.78 is 5.33. The van der Waals surface area contributed by atoms with Gasteiger partial charge in [-0.2, -0.15) is 0 Å². The van der Waals surface area contributed by atoms with Crippen molar-refractivity contribution < 1.29 is 9.53 Å². The summed E-state index contributed by atoms with van der Waals surface area (Å²) in [5.74, 6) is 0.490. The maximum absolute atomic E-state index is 11.9. The fourth-order valence-electron chi connectivity index (χ4n) is 1.87. The zero-order chi connectivity index (χ0) is 12.1. The van der Waals surface area contributed by atoms with Gasteiger partial charge in [-0.1, -0.05) is 30.3 Å². The Labute approximate surface area is 101 Å². The molecule has 2 N–H and O–H groups in total. The van der Waals surface area contributed by atoms with Crippen molar-refractivity contribution in [3.63, 3.8) is 0 Å². The van der Waals surface area contributed by atoms with Gasteiger partial charge in [0.25, 0.3) is 0 Å². The van der Waals surface area contributed by atoms with Gasteiger partial charge in [0.1, 0.15) is 0 Å². The summed E-state index contributed by atoms with van der Waals surface area (Å²) >= 11 is 0. The van der Waals surface area contributed by atoms with Gasteiger partial charge in [-0.15, -0.1) is 0 Å². The summed E-state index contributed by atoms with van der Waals surface area (Å²) in [6, 6.07) is 9.41. The van der Waals surface area contributed by atoms with Gasteiger partial charge in [-0.25, -0.2) is 0 Å². The third kappa shape index (κ3) is 3.17. The van der Waals surface area contributed by atoms with E-state index >= 15 is 0 Å². The first kappa shape index (κ1) is 11.9. The molecule has 0 aromatic heterocycles. The predicted octanol–water partition coefficient (Wildman–Crippen LogP) is 2.34. The Balaban J connectivity index is 1.97. The van der Waals surface area contributed by atoms with Gasteiger partial charge in [0, 0.05) is 12.5 Å². The zero-order valence-corrected chi connectivity index (χ0v) is 9.76. The van der Waals surface area contributed by atoms with Crippen LogP contribution in [0.25, 0.3) is 0 Å². The average molecular weight is 231 g/mol. The molecule has 3 nitrogen and oxygen atoms in total. The molecular formula is C14H17NO2. The number of Topliss-reactive ketones (excluding diaryl/α,β-unsaturated/α-hetero) is 1. The Morgan fingerprint density at radius 3 is 2.76 bits per heavy atom. The van der Waals surface area contributed by atoms with Gasteiger partial charge in [0.05, 0.1) is 6.61 Å². The molecule has 1 aromatic carbocycles. The van der Waals surface area contributed by atoms with Crippen molar-refractivity contribution in [1.82, 2.24) is 0 Å². The lowest BCUT2D eigenvalue weighted by atomic mass is 10.0. The molecule has 0 aliphatic carbocycles. The zero-order valence-electron chi connectivity index (χ0n) is 9.76. The van der Waals surface area contributed by atoms with Crippen LogP contribution >= 0.6 is 0 Å². The molecule has 1 unspecified atom stereocenters. The molecule has 0 spiro atoms. The van der Waals surface area contributed by atoms with Crippen LogP contribution in [0.5, 0.6) is 0 Å². The van der Waals surface area contributed by atoms with Gasteiger partial charge in [-0.05, 0) is 24.5 Å². The maximum Gasteiger partial charge on any atom is 0.198 e. The monoisotopic (exact) mass is 231 g/mol. The molecule has 1 atom stereocenters. The molecule has 3 heteroatoms. The van der Waals surface area contributed by atoms with E-state index in [-0.39, 0.29) is 11.8 Å². The molecule has 0 amide bonds. The Bertz CT molecular complexity index is 411. The number of rotatable bonds is 4. The van der Waals surface area contributed by atoms with Crippen LogP contribution in [0.15, 0.2) is 42.2 Å². The number of benzene rings is 1. The maximum atomic E-state index is 11.9. The molecule has 1 aliphatic rings. The van der Waals surface area contributed by atoms with Crippen molar-refractivity contribution in [3.05, 3.63) is 47.7 Å². The molecular weight excluding hydrogens is 214 g/mol. The van der Waals surface area contributed by atoms with Crippen LogP contribution in [0.3, 0.4) is 0 Å². The van der Waals surface area contributed by atoms with E-state index in [2.05, 4.69) is 0 Å². The highest BCUT2D eigenvalue weighted by Crippen LogP contribution is 2.18. The number of hydrogen-bond acceptors (Lipinski definition) is 3. The lowest BCUT2D eigenvalue weighted by molar-refractivity contribution is -0.119. The van der Waals surface area contributed by atoms with Gasteiger partial charge in [0.15, 0.2) is 11.5 Å². The number of nitrogens with two attached hydrogens (primary N) is 1. The summed E-state index contributed by atoms with van der Waals surface area (Å²) in [6.45, 7) is 0.637. The van der Waals surface area contributed by atoms with E-state index in [4.69, 9.17) is 10.5 Å². The van der Waals surface area contributed by atoms with E-state index in [1.807, 2.05) is 36.4 Å². The third-order valence-corrected chi connectivity index (χ3v) is 2.84. The molecule has 1 heterocycles. The highest BCUT2D eigenvalue weighted by molar-refractivity contribution is 5.93. The summed E-state index contributed by atoms with van der Waals surface area (Å²) in [5.41, 5.74) is 6.98. The number of ether oxygens (including phenoxy) is 1. The number of allylic oxidation sites excluding steroid dienone is 2. The molecule has 0 fully saturated rings. The molecule has 1 aliphatic heterocycles. The molecule has 1 aromatic rings. The standard InChI is InChI=1S/C14H17NO2/c15-12(11-6-2-1-3-7-11)10-13(16)14-8-4-5-9-17-14/h1-3,6-8,12H,4-5,9-10,15H2. The summed E-state index contributed by atoms with van der Waals surface area (Å²) in [7, 11) is 0. The number of carbonyl (C=O) groups is 1. The Morgan fingerprint density at radius 2 is 2.12 bits per heavy atom. The smallest absolute Gasteiger partial charge is 0.198 e. The first-order chi connectivity index (χ1) is 8.27. The van der Waals surface area contributed by atoms with E-state index in [1.54, 1.807) is 0 Å². The molecule has 0 radical (unpaired) electrons. The predicted molar refractivity (Wildman–Crippen MR) is 66.3 cm³/mol. The van der Waals surface area contributed by atoms with Crippen LogP contribution in [0.4, 0.5) is 0 Å². The Kier molecular flexibility index (Phi) is 3.94. The average Bonchev–Trinajstić information content (AvgIpc) is 2.40. The molecule has 17 heavy (non-hydrogen) atoms. The lowest BCUT2D eigenvalue weighted by Crippen LogP contribution is -2.19. The minimum Gasteiger partial charge on any atom is -0.490 e. The van der Waals surface area contributed by atoms with Crippen molar-refractivity contribution in [2.24, 2.45) is 5.73 Å². The van der Waals surface area contributed by atoms with Crippen LogP contribution in [0.1, 0.15) is 30.9 Å². The van der Waals surface area contributed by atoms with E-state index < -0.39 is 0 Å². The second-order valence-corrected chi connectivity index (χ2v) is 4.20. The summed E-state index contributed by atoms with van der Waals surface area (Å²) in [6.07, 6.45) is 4.07. The van der Waals surface area contributed by atoms with E-state index in [0.717, 1.165) is 18.4 Å². The number of hydrogen-bond donors (Lipinski definition) is 1. The van der Waals surface area contributed by atoms with Gasteiger partial charge < -0.3 is 10.5 Å². The van der Waals surface area contributed by atoms with Crippen LogP contribution < -0.4 is 5.73 Å². The molecule has 2 rings (SSSR count). The van der Waals surface area contributed by atoms with Crippen molar-refractivity contribution in [2.75, 3.05) is 6.61 Å². The highest BCUT2D eigenvalue weighted by atomic mass is 16.5. The Hall–Kier alpha value is -1.61. The van der Waals surface area contributed by atoms with Crippen LogP contribution in [0.2, 0.25) is 0 Å². The lowest BCUT2D eigenvalue weighted by Gasteiger charge is -2.16.